The van der Waals surface area contributed by atoms with Crippen LogP contribution in [0.2, 0.25) is 0 Å². The second kappa shape index (κ2) is 7.40. The molecule has 2 aromatic rings. The minimum Gasteiger partial charge on any atom is -0.491 e. The molecule has 2 rings (SSSR count). The third kappa shape index (κ3) is 3.37. The van der Waals surface area contributed by atoms with Gasteiger partial charge in [-0.15, -0.1) is 0 Å². The Morgan fingerprint density at radius 1 is 1.20 bits per heavy atom. The van der Waals surface area contributed by atoms with Gasteiger partial charge in [-0.25, -0.2) is 5.43 Å². The summed E-state index contributed by atoms with van der Waals surface area (Å²) in [4.78, 5) is 0. The second-order valence-electron chi connectivity index (χ2n) is 4.49. The first-order valence-electron chi connectivity index (χ1n) is 6.47. The SMILES string of the molecule is COCCOc1ccccc1C(NN)c1cscc1C. The van der Waals surface area contributed by atoms with Gasteiger partial charge in [0.1, 0.15) is 12.4 Å². The predicted octanol–water partition coefficient (Wildman–Crippen LogP) is 2.63. The van der Waals surface area contributed by atoms with Crippen molar-refractivity contribution in [3.05, 3.63) is 51.7 Å². The van der Waals surface area contributed by atoms with Crippen LogP contribution in [0.3, 0.4) is 0 Å². The van der Waals surface area contributed by atoms with Crippen molar-refractivity contribution in [3.8, 4) is 5.75 Å². The molecule has 0 bridgehead atoms. The second-order valence-corrected chi connectivity index (χ2v) is 5.23. The van der Waals surface area contributed by atoms with Crippen LogP contribution in [0.15, 0.2) is 35.0 Å². The zero-order valence-electron chi connectivity index (χ0n) is 11.8. The maximum Gasteiger partial charge on any atom is 0.124 e. The van der Waals surface area contributed by atoms with Crippen molar-refractivity contribution in [2.75, 3.05) is 20.3 Å². The van der Waals surface area contributed by atoms with Crippen LogP contribution in [0, 0.1) is 6.92 Å². The molecule has 1 atom stereocenters. The zero-order chi connectivity index (χ0) is 14.4. The Bertz CT molecular complexity index is 542. The molecule has 0 aliphatic carbocycles. The van der Waals surface area contributed by atoms with Crippen molar-refractivity contribution in [2.24, 2.45) is 5.84 Å². The Balaban J connectivity index is 2.28. The summed E-state index contributed by atoms with van der Waals surface area (Å²) < 4.78 is 10.8. The molecular weight excluding hydrogens is 272 g/mol. The van der Waals surface area contributed by atoms with E-state index >= 15 is 0 Å². The van der Waals surface area contributed by atoms with Crippen molar-refractivity contribution < 1.29 is 9.47 Å². The van der Waals surface area contributed by atoms with E-state index in [9.17, 15) is 0 Å². The van der Waals surface area contributed by atoms with Gasteiger partial charge in [0, 0.05) is 12.7 Å². The quantitative estimate of drug-likeness (QED) is 0.468. The third-order valence-electron chi connectivity index (χ3n) is 3.15. The van der Waals surface area contributed by atoms with Gasteiger partial charge in [0.25, 0.3) is 0 Å². The Hall–Kier alpha value is -1.40. The first-order valence-corrected chi connectivity index (χ1v) is 7.41. The largest absolute Gasteiger partial charge is 0.491 e. The van der Waals surface area contributed by atoms with E-state index in [1.54, 1.807) is 18.4 Å². The lowest BCUT2D eigenvalue weighted by Gasteiger charge is -2.20. The highest BCUT2D eigenvalue weighted by molar-refractivity contribution is 7.08. The van der Waals surface area contributed by atoms with Gasteiger partial charge >= 0.3 is 0 Å². The standard InChI is InChI=1S/C15H20N2O2S/c1-11-9-20-10-13(11)15(17-16)12-5-3-4-6-14(12)19-8-7-18-2/h3-6,9-10,15,17H,7-8,16H2,1-2H3. The summed E-state index contributed by atoms with van der Waals surface area (Å²) in [5, 5.41) is 4.24. The van der Waals surface area contributed by atoms with Crippen molar-refractivity contribution in [1.29, 1.82) is 0 Å². The molecule has 1 unspecified atom stereocenters. The third-order valence-corrected chi connectivity index (χ3v) is 4.03. The van der Waals surface area contributed by atoms with Gasteiger partial charge in [-0.3, -0.25) is 5.84 Å². The molecule has 1 aromatic carbocycles. The molecule has 0 radical (unpaired) electrons. The van der Waals surface area contributed by atoms with Crippen molar-refractivity contribution in [3.63, 3.8) is 0 Å². The molecule has 1 aromatic heterocycles. The number of hydrazine groups is 1. The van der Waals surface area contributed by atoms with Gasteiger partial charge in [-0.05, 0) is 34.9 Å². The fourth-order valence-electron chi connectivity index (χ4n) is 2.10. The molecule has 3 N–H and O–H groups in total. The van der Waals surface area contributed by atoms with Crippen LogP contribution in [-0.2, 0) is 4.74 Å². The minimum absolute atomic E-state index is 0.0694. The molecule has 5 heteroatoms. The Morgan fingerprint density at radius 3 is 2.65 bits per heavy atom. The number of para-hydroxylation sites is 1. The van der Waals surface area contributed by atoms with Gasteiger partial charge < -0.3 is 9.47 Å². The van der Waals surface area contributed by atoms with Gasteiger partial charge in [-0.2, -0.15) is 11.3 Å². The summed E-state index contributed by atoms with van der Waals surface area (Å²) in [5.41, 5.74) is 6.33. The van der Waals surface area contributed by atoms with Crippen LogP contribution in [0.1, 0.15) is 22.7 Å². The highest BCUT2D eigenvalue weighted by Crippen LogP contribution is 2.32. The Kier molecular flexibility index (Phi) is 5.55. The molecule has 0 aliphatic rings. The van der Waals surface area contributed by atoms with Gasteiger partial charge in [0.2, 0.25) is 0 Å². The fourth-order valence-corrected chi connectivity index (χ4v) is 2.98. The van der Waals surface area contributed by atoms with Crippen LogP contribution in [0.4, 0.5) is 0 Å². The smallest absolute Gasteiger partial charge is 0.124 e. The van der Waals surface area contributed by atoms with E-state index in [2.05, 4.69) is 23.1 Å². The summed E-state index contributed by atoms with van der Waals surface area (Å²) in [6, 6.07) is 7.87. The number of hydrogen-bond acceptors (Lipinski definition) is 5. The molecule has 0 saturated carbocycles. The Labute approximate surface area is 123 Å². The zero-order valence-corrected chi connectivity index (χ0v) is 12.6. The number of nitrogens with one attached hydrogen (secondary N) is 1. The number of thiophene rings is 1. The van der Waals surface area contributed by atoms with Gasteiger partial charge in [0.05, 0.1) is 12.6 Å². The predicted molar refractivity (Wildman–Crippen MR) is 82.0 cm³/mol. The topological polar surface area (TPSA) is 56.5 Å². The van der Waals surface area contributed by atoms with Crippen LogP contribution >= 0.6 is 11.3 Å². The van der Waals surface area contributed by atoms with Crippen LogP contribution in [0.25, 0.3) is 0 Å². The summed E-state index contributed by atoms with van der Waals surface area (Å²) in [5.74, 6) is 6.59. The maximum absolute atomic E-state index is 5.78. The summed E-state index contributed by atoms with van der Waals surface area (Å²) in [7, 11) is 1.66. The van der Waals surface area contributed by atoms with E-state index < -0.39 is 0 Å². The fraction of sp³-hybridized carbons (Fsp3) is 0.333. The first kappa shape index (κ1) is 15.0. The van der Waals surface area contributed by atoms with Crippen molar-refractivity contribution in [1.82, 2.24) is 5.43 Å². The number of aryl methyl sites for hydroxylation is 1. The molecule has 0 amide bonds. The number of methoxy groups -OCH3 is 1. The van der Waals surface area contributed by atoms with E-state index in [4.69, 9.17) is 15.3 Å². The highest BCUT2D eigenvalue weighted by atomic mass is 32.1. The molecule has 0 saturated heterocycles. The molecular formula is C15H20N2O2S. The highest BCUT2D eigenvalue weighted by Gasteiger charge is 2.19. The molecule has 0 spiro atoms. The number of nitrogens with two attached hydrogens (primary N) is 1. The molecule has 108 valence electrons. The van der Waals surface area contributed by atoms with Crippen LogP contribution < -0.4 is 16.0 Å². The number of rotatable bonds is 7. The first-order chi connectivity index (χ1) is 9.77. The van der Waals surface area contributed by atoms with Crippen LogP contribution in [0.5, 0.6) is 5.75 Å². The monoisotopic (exact) mass is 292 g/mol. The molecule has 20 heavy (non-hydrogen) atoms. The molecule has 0 aliphatic heterocycles. The van der Waals surface area contributed by atoms with E-state index in [1.807, 2.05) is 24.3 Å². The number of benzene rings is 1. The average Bonchev–Trinajstić information content (AvgIpc) is 2.88. The summed E-state index contributed by atoms with van der Waals surface area (Å²) >= 11 is 1.68. The summed E-state index contributed by atoms with van der Waals surface area (Å²) in [6.45, 7) is 3.17. The van der Waals surface area contributed by atoms with E-state index in [0.717, 1.165) is 11.3 Å². The normalized spacial score (nSPS) is 12.3. The molecule has 4 nitrogen and oxygen atoms in total. The summed E-state index contributed by atoms with van der Waals surface area (Å²) in [6.07, 6.45) is 0. The number of ether oxygens (including phenoxy) is 2. The Morgan fingerprint density at radius 2 is 2.00 bits per heavy atom. The number of hydrogen-bond donors (Lipinski definition) is 2. The van der Waals surface area contributed by atoms with E-state index in [0.29, 0.717) is 13.2 Å². The molecule has 0 fully saturated rings. The van der Waals surface area contributed by atoms with Crippen molar-refractivity contribution in [2.45, 2.75) is 13.0 Å². The minimum atomic E-state index is -0.0694. The van der Waals surface area contributed by atoms with Crippen LogP contribution in [-0.4, -0.2) is 20.3 Å². The van der Waals surface area contributed by atoms with E-state index in [-0.39, 0.29) is 6.04 Å². The average molecular weight is 292 g/mol. The lowest BCUT2D eigenvalue weighted by molar-refractivity contribution is 0.145. The van der Waals surface area contributed by atoms with Crippen molar-refractivity contribution >= 4 is 11.3 Å². The lowest BCUT2D eigenvalue weighted by atomic mass is 9.98. The van der Waals surface area contributed by atoms with E-state index in [1.165, 1.54) is 11.1 Å². The van der Waals surface area contributed by atoms with Gasteiger partial charge in [-0.1, -0.05) is 18.2 Å². The molecule has 1 heterocycles. The van der Waals surface area contributed by atoms with Gasteiger partial charge in [0.15, 0.2) is 0 Å². The lowest BCUT2D eigenvalue weighted by Crippen LogP contribution is -2.29. The maximum atomic E-state index is 5.78.